The summed E-state index contributed by atoms with van der Waals surface area (Å²) in [7, 11) is 0. The fourth-order valence-corrected chi connectivity index (χ4v) is 3.30. The van der Waals surface area contributed by atoms with Crippen LogP contribution in [0.15, 0.2) is 48.8 Å². The molecule has 0 spiro atoms. The smallest absolute Gasteiger partial charge is 0.275 e. The zero-order chi connectivity index (χ0) is 16.5. The van der Waals surface area contributed by atoms with Crippen molar-refractivity contribution in [2.45, 2.75) is 25.9 Å². The average Bonchev–Trinajstić information content (AvgIpc) is 3.20. The van der Waals surface area contributed by atoms with Crippen LogP contribution in [-0.2, 0) is 6.54 Å². The molecule has 0 fully saturated rings. The maximum absolute atomic E-state index is 13.1. The molecule has 6 nitrogen and oxygen atoms in total. The molecule has 3 aromatic rings. The van der Waals surface area contributed by atoms with Gasteiger partial charge in [0.2, 0.25) is 0 Å². The highest BCUT2D eigenvalue weighted by Crippen LogP contribution is 2.31. The highest BCUT2D eigenvalue weighted by Gasteiger charge is 2.33. The maximum Gasteiger partial charge on any atom is 0.275 e. The molecule has 0 aliphatic carbocycles. The zero-order valence-electron chi connectivity index (χ0n) is 13.5. The van der Waals surface area contributed by atoms with E-state index in [9.17, 15) is 4.79 Å². The van der Waals surface area contributed by atoms with Crippen LogP contribution in [0.2, 0.25) is 0 Å². The Morgan fingerprint density at radius 3 is 2.83 bits per heavy atom. The number of imidazole rings is 1. The molecule has 1 unspecified atom stereocenters. The van der Waals surface area contributed by atoms with Crippen LogP contribution in [0.3, 0.4) is 0 Å². The molecule has 3 heterocycles. The number of H-pyrrole nitrogens is 1. The number of hydrogen-bond donors (Lipinski definition) is 1. The van der Waals surface area contributed by atoms with Gasteiger partial charge in [0, 0.05) is 31.2 Å². The third kappa shape index (κ3) is 2.50. The highest BCUT2D eigenvalue weighted by atomic mass is 16.2. The van der Waals surface area contributed by atoms with Crippen molar-refractivity contribution in [1.29, 1.82) is 0 Å². The van der Waals surface area contributed by atoms with Crippen molar-refractivity contribution < 1.29 is 4.79 Å². The lowest BCUT2D eigenvalue weighted by atomic mass is 10.0. The summed E-state index contributed by atoms with van der Waals surface area (Å²) in [6.45, 7) is 3.43. The lowest BCUT2D eigenvalue weighted by Crippen LogP contribution is -2.36. The number of nitrogens with zero attached hydrogens (tertiary/aromatic N) is 4. The number of aromatic amines is 1. The molecule has 122 valence electrons. The van der Waals surface area contributed by atoms with E-state index < -0.39 is 0 Å². The molecule has 1 N–H and O–H groups in total. The Balaban J connectivity index is 1.80. The van der Waals surface area contributed by atoms with Gasteiger partial charge in [-0.15, -0.1) is 0 Å². The first-order chi connectivity index (χ1) is 11.7. The Hall–Kier alpha value is -2.89. The highest BCUT2D eigenvalue weighted by molar-refractivity contribution is 5.93. The van der Waals surface area contributed by atoms with Gasteiger partial charge in [-0.05, 0) is 25.0 Å². The standard InChI is InChI=1S/C18H19N5O/c1-13-12-15(21-20-13)18(24)23-10-5-9-22-11-8-19-17(22)16(23)14-6-3-2-4-7-14/h2-4,6-8,11-12,16H,5,9-10H2,1H3,(H,20,21). The number of hydrogen-bond acceptors (Lipinski definition) is 3. The molecule has 1 amide bonds. The second-order valence-corrected chi connectivity index (χ2v) is 6.08. The van der Waals surface area contributed by atoms with Gasteiger partial charge in [0.25, 0.3) is 5.91 Å². The van der Waals surface area contributed by atoms with Crippen molar-refractivity contribution in [3.8, 4) is 0 Å². The molecule has 1 atom stereocenters. The third-order valence-electron chi connectivity index (χ3n) is 4.40. The summed E-state index contributed by atoms with van der Waals surface area (Å²) in [6.07, 6.45) is 4.68. The number of amides is 1. The lowest BCUT2D eigenvalue weighted by molar-refractivity contribution is 0.0700. The Morgan fingerprint density at radius 1 is 1.25 bits per heavy atom. The van der Waals surface area contributed by atoms with Gasteiger partial charge >= 0.3 is 0 Å². The summed E-state index contributed by atoms with van der Waals surface area (Å²) in [5, 5.41) is 7.00. The van der Waals surface area contributed by atoms with E-state index in [0.717, 1.165) is 30.0 Å². The van der Waals surface area contributed by atoms with E-state index in [-0.39, 0.29) is 11.9 Å². The lowest BCUT2D eigenvalue weighted by Gasteiger charge is -2.29. The first-order valence-corrected chi connectivity index (χ1v) is 8.13. The van der Waals surface area contributed by atoms with Crippen LogP contribution in [0.4, 0.5) is 0 Å². The molecule has 4 rings (SSSR count). The number of carbonyl (C=O) groups is 1. The summed E-state index contributed by atoms with van der Waals surface area (Å²) in [6, 6.07) is 11.7. The topological polar surface area (TPSA) is 66.8 Å². The fraction of sp³-hybridized carbons (Fsp3) is 0.278. The van der Waals surface area contributed by atoms with Crippen molar-refractivity contribution in [2.75, 3.05) is 6.54 Å². The van der Waals surface area contributed by atoms with Crippen LogP contribution in [0.5, 0.6) is 0 Å². The Kier molecular flexibility index (Phi) is 3.65. The number of rotatable bonds is 2. The second-order valence-electron chi connectivity index (χ2n) is 6.08. The van der Waals surface area contributed by atoms with Gasteiger partial charge in [-0.3, -0.25) is 9.89 Å². The van der Waals surface area contributed by atoms with Crippen molar-refractivity contribution in [3.05, 3.63) is 71.6 Å². The van der Waals surface area contributed by atoms with Gasteiger partial charge in [-0.1, -0.05) is 30.3 Å². The average molecular weight is 321 g/mol. The Labute approximate surface area is 140 Å². The number of fused-ring (bicyclic) bond motifs is 1. The summed E-state index contributed by atoms with van der Waals surface area (Å²) >= 11 is 0. The molecule has 6 heteroatoms. The van der Waals surface area contributed by atoms with Gasteiger partial charge in [0.15, 0.2) is 0 Å². The summed E-state index contributed by atoms with van der Waals surface area (Å²) in [4.78, 5) is 19.5. The second kappa shape index (κ2) is 5.96. The molecule has 1 aliphatic rings. The van der Waals surface area contributed by atoms with Crippen LogP contribution in [-0.4, -0.2) is 37.1 Å². The van der Waals surface area contributed by atoms with E-state index in [4.69, 9.17) is 0 Å². The largest absolute Gasteiger partial charge is 0.333 e. The first kappa shape index (κ1) is 14.7. The number of benzene rings is 1. The number of carbonyl (C=O) groups excluding carboxylic acids is 1. The minimum atomic E-state index is -0.201. The minimum Gasteiger partial charge on any atom is -0.333 e. The van der Waals surface area contributed by atoms with Crippen LogP contribution >= 0.6 is 0 Å². The first-order valence-electron chi connectivity index (χ1n) is 8.13. The molecule has 0 saturated heterocycles. The van der Waals surface area contributed by atoms with Crippen molar-refractivity contribution >= 4 is 5.91 Å². The van der Waals surface area contributed by atoms with Gasteiger partial charge in [0.1, 0.15) is 17.6 Å². The van der Waals surface area contributed by atoms with Gasteiger partial charge in [0.05, 0.1) is 0 Å². The van der Waals surface area contributed by atoms with E-state index in [1.807, 2.05) is 48.4 Å². The Bertz CT molecular complexity index is 851. The monoisotopic (exact) mass is 321 g/mol. The quantitative estimate of drug-likeness (QED) is 0.789. The Morgan fingerprint density at radius 2 is 2.08 bits per heavy atom. The normalized spacial score (nSPS) is 17.4. The van der Waals surface area contributed by atoms with Crippen molar-refractivity contribution in [3.63, 3.8) is 0 Å². The molecule has 24 heavy (non-hydrogen) atoms. The molecule has 1 aliphatic heterocycles. The SMILES string of the molecule is Cc1cc(C(=O)N2CCCn3ccnc3C2c2ccccc2)n[nH]1. The van der Waals surface area contributed by atoms with Crippen LogP contribution in [0, 0.1) is 6.92 Å². The fourth-order valence-electron chi connectivity index (χ4n) is 3.30. The van der Waals surface area contributed by atoms with E-state index in [0.29, 0.717) is 12.2 Å². The van der Waals surface area contributed by atoms with Gasteiger partial charge in [-0.2, -0.15) is 5.10 Å². The predicted octanol–water partition coefficient (Wildman–Crippen LogP) is 2.55. The molecule has 0 saturated carbocycles. The minimum absolute atomic E-state index is 0.0651. The molecule has 1 aromatic carbocycles. The summed E-state index contributed by atoms with van der Waals surface area (Å²) in [5.41, 5.74) is 2.40. The number of aryl methyl sites for hydroxylation is 2. The van der Waals surface area contributed by atoms with Crippen LogP contribution in [0.25, 0.3) is 0 Å². The van der Waals surface area contributed by atoms with Crippen molar-refractivity contribution in [1.82, 2.24) is 24.6 Å². The van der Waals surface area contributed by atoms with Gasteiger partial charge < -0.3 is 9.47 Å². The molecule has 0 bridgehead atoms. The van der Waals surface area contributed by atoms with E-state index in [2.05, 4.69) is 19.7 Å². The zero-order valence-corrected chi connectivity index (χ0v) is 13.5. The summed E-state index contributed by atoms with van der Waals surface area (Å²) < 4.78 is 2.14. The van der Waals surface area contributed by atoms with E-state index >= 15 is 0 Å². The van der Waals surface area contributed by atoms with Gasteiger partial charge in [-0.25, -0.2) is 4.98 Å². The van der Waals surface area contributed by atoms with Crippen molar-refractivity contribution in [2.24, 2.45) is 0 Å². The number of aromatic nitrogens is 4. The summed E-state index contributed by atoms with van der Waals surface area (Å²) in [5.74, 6) is 0.837. The van der Waals surface area contributed by atoms with E-state index in [1.165, 1.54) is 0 Å². The molecular formula is C18H19N5O. The van der Waals surface area contributed by atoms with E-state index in [1.54, 1.807) is 12.3 Å². The molecular weight excluding hydrogens is 302 g/mol. The molecule has 0 radical (unpaired) electrons. The van der Waals surface area contributed by atoms with Crippen LogP contribution < -0.4 is 0 Å². The predicted molar refractivity (Wildman–Crippen MR) is 89.5 cm³/mol. The molecule has 2 aromatic heterocycles. The number of nitrogens with one attached hydrogen (secondary N) is 1. The van der Waals surface area contributed by atoms with Crippen LogP contribution in [0.1, 0.15) is 40.0 Å². The third-order valence-corrected chi connectivity index (χ3v) is 4.40. The maximum atomic E-state index is 13.1.